The molecule has 1 aromatic heterocycles. The minimum Gasteiger partial charge on any atom is -0.444 e. The van der Waals surface area contributed by atoms with Crippen LogP contribution in [0, 0.1) is 31.1 Å². The quantitative estimate of drug-likeness (QED) is 0.929. The third-order valence-corrected chi connectivity index (χ3v) is 4.54. The SMILES string of the molecule is Cc1oc(NC(=O)C2CC(=O)N(Cc3ccccc3)C2)c(C#N)c1C. The number of nitrogens with one attached hydrogen (secondary N) is 1. The summed E-state index contributed by atoms with van der Waals surface area (Å²) in [4.78, 5) is 26.4. The Hall–Kier alpha value is -3.07. The number of furan rings is 1. The molecule has 1 atom stereocenters. The van der Waals surface area contributed by atoms with Crippen molar-refractivity contribution in [2.45, 2.75) is 26.8 Å². The molecule has 2 heterocycles. The number of nitriles is 1. The molecule has 0 bridgehead atoms. The van der Waals surface area contributed by atoms with Crippen LogP contribution in [0.4, 0.5) is 5.88 Å². The maximum Gasteiger partial charge on any atom is 0.232 e. The number of likely N-dealkylation sites (tertiary alicyclic amines) is 1. The fraction of sp³-hybridized carbons (Fsp3) is 0.316. The van der Waals surface area contributed by atoms with E-state index in [1.54, 1.807) is 18.7 Å². The van der Waals surface area contributed by atoms with E-state index < -0.39 is 5.92 Å². The van der Waals surface area contributed by atoms with Gasteiger partial charge in [-0.2, -0.15) is 5.26 Å². The van der Waals surface area contributed by atoms with Crippen LogP contribution in [0.15, 0.2) is 34.7 Å². The lowest BCUT2D eigenvalue weighted by atomic mass is 10.1. The van der Waals surface area contributed by atoms with Crippen LogP contribution in [0.5, 0.6) is 0 Å². The molecule has 2 amide bonds. The summed E-state index contributed by atoms with van der Waals surface area (Å²) in [5.41, 5.74) is 2.07. The maximum atomic E-state index is 12.5. The van der Waals surface area contributed by atoms with Gasteiger partial charge in [-0.25, -0.2) is 0 Å². The van der Waals surface area contributed by atoms with Crippen molar-refractivity contribution in [2.24, 2.45) is 5.92 Å². The first-order chi connectivity index (χ1) is 12.0. The molecule has 3 rings (SSSR count). The van der Waals surface area contributed by atoms with Crippen molar-refractivity contribution in [3.05, 3.63) is 52.8 Å². The maximum absolute atomic E-state index is 12.5. The zero-order valence-corrected chi connectivity index (χ0v) is 14.2. The fourth-order valence-electron chi connectivity index (χ4n) is 2.97. The third kappa shape index (κ3) is 3.41. The Morgan fingerprint density at radius 1 is 1.36 bits per heavy atom. The van der Waals surface area contributed by atoms with Crippen LogP contribution in [-0.4, -0.2) is 23.3 Å². The van der Waals surface area contributed by atoms with E-state index in [1.807, 2.05) is 36.4 Å². The van der Waals surface area contributed by atoms with Crippen molar-refractivity contribution >= 4 is 17.7 Å². The second kappa shape index (κ2) is 6.81. The minimum atomic E-state index is -0.450. The molecule has 0 radical (unpaired) electrons. The number of amides is 2. The van der Waals surface area contributed by atoms with Crippen molar-refractivity contribution in [3.8, 4) is 6.07 Å². The largest absolute Gasteiger partial charge is 0.444 e. The molecule has 0 saturated carbocycles. The summed E-state index contributed by atoms with van der Waals surface area (Å²) < 4.78 is 5.46. The standard InChI is InChI=1S/C19H19N3O3/c1-12-13(2)25-19(16(12)9-20)21-18(24)15-8-17(23)22(11-15)10-14-6-4-3-5-7-14/h3-7,15H,8,10-11H2,1-2H3,(H,21,24). The first kappa shape index (κ1) is 16.8. The molecule has 2 aromatic rings. The van der Waals surface area contributed by atoms with Crippen LogP contribution in [0.1, 0.15) is 28.9 Å². The van der Waals surface area contributed by atoms with Gasteiger partial charge >= 0.3 is 0 Å². The highest BCUT2D eigenvalue weighted by Crippen LogP contribution is 2.27. The highest BCUT2D eigenvalue weighted by molar-refractivity contribution is 5.97. The predicted molar refractivity (Wildman–Crippen MR) is 91.5 cm³/mol. The van der Waals surface area contributed by atoms with E-state index in [2.05, 4.69) is 5.32 Å². The van der Waals surface area contributed by atoms with E-state index in [0.29, 0.717) is 30.0 Å². The van der Waals surface area contributed by atoms with Gasteiger partial charge in [0.2, 0.25) is 17.7 Å². The van der Waals surface area contributed by atoms with Crippen molar-refractivity contribution in [1.82, 2.24) is 4.90 Å². The number of rotatable bonds is 4. The van der Waals surface area contributed by atoms with Gasteiger partial charge in [-0.3, -0.25) is 14.9 Å². The van der Waals surface area contributed by atoms with E-state index in [9.17, 15) is 14.9 Å². The molecule has 25 heavy (non-hydrogen) atoms. The molecule has 1 aromatic carbocycles. The smallest absolute Gasteiger partial charge is 0.232 e. The van der Waals surface area contributed by atoms with Gasteiger partial charge in [-0.1, -0.05) is 30.3 Å². The zero-order chi connectivity index (χ0) is 18.0. The Morgan fingerprint density at radius 3 is 2.76 bits per heavy atom. The number of carbonyl (C=O) groups excluding carboxylic acids is 2. The molecule has 0 spiro atoms. The van der Waals surface area contributed by atoms with Gasteiger partial charge in [-0.05, 0) is 19.4 Å². The number of hydrogen-bond acceptors (Lipinski definition) is 4. The van der Waals surface area contributed by atoms with E-state index >= 15 is 0 Å². The number of nitrogens with zero attached hydrogens (tertiary/aromatic N) is 2. The second-order valence-electron chi connectivity index (χ2n) is 6.25. The molecule has 1 fully saturated rings. The van der Waals surface area contributed by atoms with E-state index in [1.165, 1.54) is 0 Å². The third-order valence-electron chi connectivity index (χ3n) is 4.54. The lowest BCUT2D eigenvalue weighted by Crippen LogP contribution is -2.28. The Morgan fingerprint density at radius 2 is 2.08 bits per heavy atom. The highest BCUT2D eigenvalue weighted by atomic mass is 16.4. The Bertz CT molecular complexity index is 849. The molecule has 1 saturated heterocycles. The summed E-state index contributed by atoms with van der Waals surface area (Å²) in [6.45, 7) is 4.37. The van der Waals surface area contributed by atoms with Crippen molar-refractivity contribution < 1.29 is 14.0 Å². The summed E-state index contributed by atoms with van der Waals surface area (Å²) in [6, 6.07) is 11.7. The van der Waals surface area contributed by atoms with E-state index in [4.69, 9.17) is 4.42 Å². The molecule has 6 heteroatoms. The van der Waals surface area contributed by atoms with Gasteiger partial charge in [0, 0.05) is 25.1 Å². The lowest BCUT2D eigenvalue weighted by Gasteiger charge is -2.16. The Kier molecular flexibility index (Phi) is 4.57. The second-order valence-corrected chi connectivity index (χ2v) is 6.25. The highest BCUT2D eigenvalue weighted by Gasteiger charge is 2.35. The molecule has 6 nitrogen and oxygen atoms in total. The van der Waals surface area contributed by atoms with Crippen molar-refractivity contribution in [2.75, 3.05) is 11.9 Å². The Labute approximate surface area is 146 Å². The van der Waals surface area contributed by atoms with Crippen LogP contribution in [0.2, 0.25) is 0 Å². The number of carbonyl (C=O) groups is 2. The van der Waals surface area contributed by atoms with Crippen molar-refractivity contribution in [3.63, 3.8) is 0 Å². The van der Waals surface area contributed by atoms with Crippen LogP contribution in [0.3, 0.4) is 0 Å². The van der Waals surface area contributed by atoms with Crippen LogP contribution in [0.25, 0.3) is 0 Å². The molecular weight excluding hydrogens is 318 g/mol. The summed E-state index contributed by atoms with van der Waals surface area (Å²) >= 11 is 0. The van der Waals surface area contributed by atoms with Gasteiger partial charge in [0.15, 0.2) is 0 Å². The van der Waals surface area contributed by atoms with Crippen LogP contribution >= 0.6 is 0 Å². The number of hydrogen-bond donors (Lipinski definition) is 1. The van der Waals surface area contributed by atoms with Gasteiger partial charge < -0.3 is 9.32 Å². The molecule has 0 aliphatic carbocycles. The normalized spacial score (nSPS) is 16.8. The fourth-order valence-corrected chi connectivity index (χ4v) is 2.97. The van der Waals surface area contributed by atoms with Crippen LogP contribution < -0.4 is 5.32 Å². The molecule has 128 valence electrons. The monoisotopic (exact) mass is 337 g/mol. The predicted octanol–water partition coefficient (Wildman–Crippen LogP) is 2.76. The number of aryl methyl sites for hydroxylation is 1. The van der Waals surface area contributed by atoms with Gasteiger partial charge in [0.25, 0.3) is 0 Å². The van der Waals surface area contributed by atoms with Crippen molar-refractivity contribution in [1.29, 1.82) is 5.26 Å². The van der Waals surface area contributed by atoms with E-state index in [-0.39, 0.29) is 24.1 Å². The molecule has 1 unspecified atom stereocenters. The summed E-state index contributed by atoms with van der Waals surface area (Å²) in [7, 11) is 0. The molecule has 1 aliphatic rings. The van der Waals surface area contributed by atoms with E-state index in [0.717, 1.165) is 5.56 Å². The topological polar surface area (TPSA) is 86.3 Å². The van der Waals surface area contributed by atoms with Gasteiger partial charge in [0.1, 0.15) is 17.4 Å². The molecule has 1 N–H and O–H groups in total. The minimum absolute atomic E-state index is 0.0451. The number of anilines is 1. The molecular formula is C19H19N3O3. The Balaban J connectivity index is 1.67. The van der Waals surface area contributed by atoms with Crippen LogP contribution in [-0.2, 0) is 16.1 Å². The zero-order valence-electron chi connectivity index (χ0n) is 14.2. The van der Waals surface area contributed by atoms with Gasteiger partial charge in [0.05, 0.1) is 5.92 Å². The molecule has 1 aliphatic heterocycles. The summed E-state index contributed by atoms with van der Waals surface area (Å²) in [5.74, 6) is -0.0320. The average Bonchev–Trinajstić information content (AvgIpc) is 3.09. The summed E-state index contributed by atoms with van der Waals surface area (Å²) in [5, 5.41) is 11.9. The number of benzene rings is 1. The average molecular weight is 337 g/mol. The first-order valence-corrected chi connectivity index (χ1v) is 8.12. The first-order valence-electron chi connectivity index (χ1n) is 8.12. The lowest BCUT2D eigenvalue weighted by molar-refractivity contribution is -0.128. The van der Waals surface area contributed by atoms with Gasteiger partial charge in [-0.15, -0.1) is 0 Å². The summed E-state index contributed by atoms with van der Waals surface area (Å²) in [6.07, 6.45) is 0.166.